The largest absolute Gasteiger partial charge is 0.348 e. The number of nitrogens with one attached hydrogen (secondary N) is 2. The monoisotopic (exact) mass is 426 g/mol. The Hall–Kier alpha value is -3.19. The van der Waals surface area contributed by atoms with E-state index < -0.39 is 15.9 Å². The molecule has 5 nitrogen and oxygen atoms in total. The molecule has 0 aromatic heterocycles. The van der Waals surface area contributed by atoms with Crippen molar-refractivity contribution < 1.29 is 17.6 Å². The molecular weight excluding hydrogens is 403 g/mol. The molecule has 0 aliphatic carbocycles. The molecule has 3 aromatic carbocycles. The van der Waals surface area contributed by atoms with Gasteiger partial charge in [0.2, 0.25) is 0 Å². The average molecular weight is 427 g/mol. The van der Waals surface area contributed by atoms with E-state index in [9.17, 15) is 17.6 Å². The summed E-state index contributed by atoms with van der Waals surface area (Å²) in [5.41, 5.74) is 3.44. The van der Waals surface area contributed by atoms with Crippen LogP contribution in [0, 0.1) is 26.6 Å². The molecule has 0 saturated carbocycles. The van der Waals surface area contributed by atoms with Crippen LogP contribution in [0.5, 0.6) is 0 Å². The molecule has 0 spiro atoms. The first-order valence-corrected chi connectivity index (χ1v) is 10.9. The fraction of sp³-hybridized carbons (Fsp3) is 0.174. The minimum atomic E-state index is -3.86. The van der Waals surface area contributed by atoms with Crippen molar-refractivity contribution >= 4 is 21.6 Å². The number of para-hydroxylation sites is 1. The molecular formula is C23H23FN2O3S. The number of halogens is 1. The molecule has 0 heterocycles. The Bertz CT molecular complexity index is 1210. The zero-order valence-electron chi connectivity index (χ0n) is 17.0. The number of sulfonamides is 1. The van der Waals surface area contributed by atoms with Gasteiger partial charge in [0.1, 0.15) is 5.82 Å². The lowest BCUT2D eigenvalue weighted by atomic mass is 10.1. The lowest BCUT2D eigenvalue weighted by Crippen LogP contribution is -2.24. The Balaban J connectivity index is 1.81. The Morgan fingerprint density at radius 1 is 0.900 bits per heavy atom. The van der Waals surface area contributed by atoms with Crippen molar-refractivity contribution in [1.29, 1.82) is 0 Å². The molecule has 7 heteroatoms. The molecule has 0 atom stereocenters. The molecule has 0 unspecified atom stereocenters. The number of hydrogen-bond donors (Lipinski definition) is 2. The topological polar surface area (TPSA) is 75.3 Å². The van der Waals surface area contributed by atoms with Crippen LogP contribution in [0.2, 0.25) is 0 Å². The van der Waals surface area contributed by atoms with Crippen LogP contribution in [0.4, 0.5) is 10.1 Å². The maximum Gasteiger partial charge on any atom is 0.261 e. The fourth-order valence-corrected chi connectivity index (χ4v) is 4.15. The van der Waals surface area contributed by atoms with E-state index in [-0.39, 0.29) is 22.8 Å². The van der Waals surface area contributed by atoms with E-state index >= 15 is 0 Å². The zero-order chi connectivity index (χ0) is 21.9. The van der Waals surface area contributed by atoms with Crippen LogP contribution < -0.4 is 10.0 Å². The van der Waals surface area contributed by atoms with Gasteiger partial charge in [-0.2, -0.15) is 0 Å². The molecule has 0 fully saturated rings. The van der Waals surface area contributed by atoms with Crippen molar-refractivity contribution in [3.8, 4) is 0 Å². The van der Waals surface area contributed by atoms with Crippen molar-refractivity contribution in [2.24, 2.45) is 0 Å². The van der Waals surface area contributed by atoms with Gasteiger partial charge in [-0.15, -0.1) is 0 Å². The standard InChI is InChI=1S/C23H23FN2O3S/c1-15-8-10-19(30(28,29)26-22-7-5-4-6-16(22)2)13-20(15)23(27)25-14-18-9-11-21(24)17(3)12-18/h4-13,26H,14H2,1-3H3,(H,25,27). The third-order valence-corrected chi connectivity index (χ3v) is 6.19. The smallest absolute Gasteiger partial charge is 0.261 e. The number of anilines is 1. The summed E-state index contributed by atoms with van der Waals surface area (Å²) in [7, 11) is -3.86. The number of benzene rings is 3. The highest BCUT2D eigenvalue weighted by molar-refractivity contribution is 7.92. The summed E-state index contributed by atoms with van der Waals surface area (Å²) in [5, 5.41) is 2.76. The van der Waals surface area contributed by atoms with Gasteiger partial charge in [0.25, 0.3) is 15.9 Å². The summed E-state index contributed by atoms with van der Waals surface area (Å²) in [6, 6.07) is 16.1. The quantitative estimate of drug-likeness (QED) is 0.610. The van der Waals surface area contributed by atoms with E-state index in [1.54, 1.807) is 44.2 Å². The molecule has 3 rings (SSSR count). The highest BCUT2D eigenvalue weighted by Gasteiger charge is 2.19. The van der Waals surface area contributed by atoms with Gasteiger partial charge in [0, 0.05) is 12.1 Å². The maximum atomic E-state index is 13.4. The van der Waals surface area contributed by atoms with E-state index in [0.29, 0.717) is 16.8 Å². The first-order valence-electron chi connectivity index (χ1n) is 9.40. The van der Waals surface area contributed by atoms with Gasteiger partial charge in [0.15, 0.2) is 0 Å². The zero-order valence-corrected chi connectivity index (χ0v) is 17.8. The van der Waals surface area contributed by atoms with Gasteiger partial charge in [0.05, 0.1) is 10.6 Å². The van der Waals surface area contributed by atoms with Gasteiger partial charge in [-0.1, -0.05) is 36.4 Å². The summed E-state index contributed by atoms with van der Waals surface area (Å²) >= 11 is 0. The summed E-state index contributed by atoms with van der Waals surface area (Å²) in [6.07, 6.45) is 0. The van der Waals surface area contributed by atoms with Crippen LogP contribution in [-0.2, 0) is 16.6 Å². The molecule has 0 radical (unpaired) electrons. The number of carbonyl (C=O) groups excluding carboxylic acids is 1. The SMILES string of the molecule is Cc1cc(CNC(=O)c2cc(S(=O)(=O)Nc3ccccc3C)ccc2C)ccc1F. The van der Waals surface area contributed by atoms with E-state index in [2.05, 4.69) is 10.0 Å². The third kappa shape index (κ3) is 4.86. The first-order chi connectivity index (χ1) is 14.2. The number of rotatable bonds is 6. The Morgan fingerprint density at radius 3 is 2.33 bits per heavy atom. The molecule has 2 N–H and O–H groups in total. The van der Waals surface area contributed by atoms with Gasteiger partial charge >= 0.3 is 0 Å². The van der Waals surface area contributed by atoms with E-state index in [4.69, 9.17) is 0 Å². The number of amides is 1. The Morgan fingerprint density at radius 2 is 1.63 bits per heavy atom. The highest BCUT2D eigenvalue weighted by Crippen LogP contribution is 2.21. The molecule has 1 amide bonds. The molecule has 3 aromatic rings. The van der Waals surface area contributed by atoms with Crippen molar-refractivity contribution in [2.45, 2.75) is 32.2 Å². The second-order valence-corrected chi connectivity index (χ2v) is 8.85. The number of aryl methyl sites for hydroxylation is 3. The predicted octanol–water partition coefficient (Wildman–Crippen LogP) is 4.48. The van der Waals surface area contributed by atoms with Gasteiger partial charge in [-0.3, -0.25) is 9.52 Å². The predicted molar refractivity (Wildman–Crippen MR) is 115 cm³/mol. The first kappa shape index (κ1) is 21.5. The van der Waals surface area contributed by atoms with Crippen molar-refractivity contribution in [2.75, 3.05) is 4.72 Å². The molecule has 0 saturated heterocycles. The van der Waals surface area contributed by atoms with Crippen LogP contribution in [-0.4, -0.2) is 14.3 Å². The van der Waals surface area contributed by atoms with E-state index in [1.165, 1.54) is 18.2 Å². The Labute approximate surface area is 176 Å². The minimum absolute atomic E-state index is 0.000806. The summed E-state index contributed by atoms with van der Waals surface area (Å²) in [4.78, 5) is 12.7. The maximum absolute atomic E-state index is 13.4. The lowest BCUT2D eigenvalue weighted by Gasteiger charge is -2.13. The fourth-order valence-electron chi connectivity index (χ4n) is 3.00. The van der Waals surface area contributed by atoms with Crippen LogP contribution in [0.25, 0.3) is 0 Å². The van der Waals surface area contributed by atoms with Crippen LogP contribution in [0.3, 0.4) is 0 Å². The Kier molecular flexibility index (Phi) is 6.22. The summed E-state index contributed by atoms with van der Waals surface area (Å²) in [6.45, 7) is 5.41. The van der Waals surface area contributed by atoms with Gasteiger partial charge in [-0.05, 0) is 67.3 Å². The molecule has 30 heavy (non-hydrogen) atoms. The number of hydrogen-bond acceptors (Lipinski definition) is 3. The molecule has 0 aliphatic heterocycles. The van der Waals surface area contributed by atoms with E-state index in [0.717, 1.165) is 11.1 Å². The van der Waals surface area contributed by atoms with Gasteiger partial charge in [-0.25, -0.2) is 12.8 Å². The lowest BCUT2D eigenvalue weighted by molar-refractivity contribution is 0.0950. The van der Waals surface area contributed by atoms with Gasteiger partial charge < -0.3 is 5.32 Å². The van der Waals surface area contributed by atoms with E-state index in [1.807, 2.05) is 19.1 Å². The third-order valence-electron chi connectivity index (χ3n) is 4.83. The van der Waals surface area contributed by atoms with Crippen LogP contribution >= 0.6 is 0 Å². The van der Waals surface area contributed by atoms with Crippen LogP contribution in [0.15, 0.2) is 65.6 Å². The summed E-state index contributed by atoms with van der Waals surface area (Å²) in [5.74, 6) is -0.706. The highest BCUT2D eigenvalue weighted by atomic mass is 32.2. The van der Waals surface area contributed by atoms with Crippen molar-refractivity contribution in [1.82, 2.24) is 5.32 Å². The summed E-state index contributed by atoms with van der Waals surface area (Å²) < 4.78 is 41.6. The number of carbonyl (C=O) groups is 1. The second-order valence-electron chi connectivity index (χ2n) is 7.16. The molecule has 0 bridgehead atoms. The van der Waals surface area contributed by atoms with Crippen molar-refractivity contribution in [3.05, 3.63) is 94.3 Å². The van der Waals surface area contributed by atoms with Crippen LogP contribution in [0.1, 0.15) is 32.6 Å². The molecule has 0 aliphatic rings. The average Bonchev–Trinajstić information content (AvgIpc) is 2.70. The minimum Gasteiger partial charge on any atom is -0.348 e. The second kappa shape index (κ2) is 8.67. The van der Waals surface area contributed by atoms with Crippen molar-refractivity contribution in [3.63, 3.8) is 0 Å². The molecule has 156 valence electrons. The normalized spacial score (nSPS) is 11.2.